The number of aromatic hydroxyl groups is 1. The first-order valence-electron chi connectivity index (χ1n) is 7.02. The van der Waals surface area contributed by atoms with Crippen molar-refractivity contribution in [2.75, 3.05) is 14.2 Å². The summed E-state index contributed by atoms with van der Waals surface area (Å²) in [7, 11) is 3.71. The zero-order valence-corrected chi connectivity index (χ0v) is 13.7. The SMILES string of the molecule is COc1cc(CN(C)C2CCC(N)CC2)cc(Br)c1O. The van der Waals surface area contributed by atoms with Gasteiger partial charge in [-0.3, -0.25) is 4.90 Å². The Labute approximate surface area is 129 Å². The van der Waals surface area contributed by atoms with Gasteiger partial charge in [-0.1, -0.05) is 0 Å². The molecule has 0 unspecified atom stereocenters. The molecule has 0 saturated heterocycles. The molecule has 5 heteroatoms. The lowest BCUT2D eigenvalue weighted by Crippen LogP contribution is -2.38. The zero-order valence-electron chi connectivity index (χ0n) is 12.1. The third kappa shape index (κ3) is 3.65. The number of benzene rings is 1. The monoisotopic (exact) mass is 342 g/mol. The lowest BCUT2D eigenvalue weighted by atomic mass is 9.91. The summed E-state index contributed by atoms with van der Waals surface area (Å²) in [6.07, 6.45) is 4.54. The van der Waals surface area contributed by atoms with E-state index in [1.165, 1.54) is 0 Å². The fraction of sp³-hybridized carbons (Fsp3) is 0.600. The molecule has 1 saturated carbocycles. The molecule has 2 rings (SSSR count). The van der Waals surface area contributed by atoms with Crippen molar-refractivity contribution >= 4 is 15.9 Å². The molecular weight excluding hydrogens is 320 g/mol. The second-order valence-corrected chi connectivity index (χ2v) is 6.47. The van der Waals surface area contributed by atoms with Crippen LogP contribution in [0.15, 0.2) is 16.6 Å². The highest BCUT2D eigenvalue weighted by atomic mass is 79.9. The van der Waals surface area contributed by atoms with E-state index in [1.807, 2.05) is 12.1 Å². The Morgan fingerprint density at radius 1 is 1.35 bits per heavy atom. The average molecular weight is 343 g/mol. The van der Waals surface area contributed by atoms with Crippen LogP contribution in [0.2, 0.25) is 0 Å². The van der Waals surface area contributed by atoms with Gasteiger partial charge in [-0.05, 0) is 66.4 Å². The van der Waals surface area contributed by atoms with Gasteiger partial charge in [0.25, 0.3) is 0 Å². The van der Waals surface area contributed by atoms with Crippen LogP contribution in [0.25, 0.3) is 0 Å². The molecule has 0 heterocycles. The highest BCUT2D eigenvalue weighted by Crippen LogP contribution is 2.35. The Bertz CT molecular complexity index is 459. The van der Waals surface area contributed by atoms with Gasteiger partial charge in [-0.25, -0.2) is 0 Å². The summed E-state index contributed by atoms with van der Waals surface area (Å²) in [5, 5.41) is 9.83. The fourth-order valence-electron chi connectivity index (χ4n) is 2.83. The van der Waals surface area contributed by atoms with E-state index in [2.05, 4.69) is 27.9 Å². The lowest BCUT2D eigenvalue weighted by Gasteiger charge is -2.33. The summed E-state index contributed by atoms with van der Waals surface area (Å²) in [5.74, 6) is 0.663. The van der Waals surface area contributed by atoms with Gasteiger partial charge < -0.3 is 15.6 Å². The first kappa shape index (κ1) is 15.6. The number of nitrogens with two attached hydrogens (primary N) is 1. The van der Waals surface area contributed by atoms with Crippen molar-refractivity contribution < 1.29 is 9.84 Å². The van der Waals surface area contributed by atoms with Crippen molar-refractivity contribution in [2.24, 2.45) is 5.73 Å². The van der Waals surface area contributed by atoms with Gasteiger partial charge in [-0.2, -0.15) is 0 Å². The van der Waals surface area contributed by atoms with Gasteiger partial charge in [0.05, 0.1) is 11.6 Å². The molecule has 0 spiro atoms. The summed E-state index contributed by atoms with van der Waals surface area (Å²) in [6.45, 7) is 0.842. The predicted octanol–water partition coefficient (Wildman–Crippen LogP) is 2.87. The predicted molar refractivity (Wildman–Crippen MR) is 84.1 cm³/mol. The summed E-state index contributed by atoms with van der Waals surface area (Å²) >= 11 is 3.37. The van der Waals surface area contributed by atoms with Gasteiger partial charge in [0, 0.05) is 18.6 Å². The third-order valence-corrected chi connectivity index (χ3v) is 4.71. The van der Waals surface area contributed by atoms with Gasteiger partial charge >= 0.3 is 0 Å². The number of hydrogen-bond donors (Lipinski definition) is 2. The Kier molecular flexibility index (Phi) is 5.29. The number of phenols is 1. The van der Waals surface area contributed by atoms with Crippen LogP contribution >= 0.6 is 15.9 Å². The fourth-order valence-corrected chi connectivity index (χ4v) is 3.32. The van der Waals surface area contributed by atoms with Crippen LogP contribution in [0.1, 0.15) is 31.2 Å². The molecule has 1 aromatic carbocycles. The number of halogens is 1. The molecule has 3 N–H and O–H groups in total. The highest BCUT2D eigenvalue weighted by molar-refractivity contribution is 9.10. The Morgan fingerprint density at radius 3 is 2.60 bits per heavy atom. The summed E-state index contributed by atoms with van der Waals surface area (Å²) in [4.78, 5) is 2.37. The number of hydrogen-bond acceptors (Lipinski definition) is 4. The Hall–Kier alpha value is -0.780. The van der Waals surface area contributed by atoms with Crippen LogP contribution < -0.4 is 10.5 Å². The van der Waals surface area contributed by atoms with E-state index in [0.29, 0.717) is 22.3 Å². The van der Waals surface area contributed by atoms with Crippen LogP contribution in [0.4, 0.5) is 0 Å². The maximum atomic E-state index is 9.83. The van der Waals surface area contributed by atoms with Gasteiger partial charge in [0.2, 0.25) is 0 Å². The normalized spacial score (nSPS) is 23.1. The third-order valence-electron chi connectivity index (χ3n) is 4.10. The van der Waals surface area contributed by atoms with Gasteiger partial charge in [0.1, 0.15) is 0 Å². The van der Waals surface area contributed by atoms with Crippen LogP contribution in [0, 0.1) is 0 Å². The number of nitrogens with zero attached hydrogens (tertiary/aromatic N) is 1. The molecule has 0 aliphatic heterocycles. The molecule has 4 nitrogen and oxygen atoms in total. The van der Waals surface area contributed by atoms with E-state index >= 15 is 0 Å². The van der Waals surface area contributed by atoms with Gasteiger partial charge in [-0.15, -0.1) is 0 Å². The van der Waals surface area contributed by atoms with Crippen molar-refractivity contribution in [3.63, 3.8) is 0 Å². The van der Waals surface area contributed by atoms with E-state index in [-0.39, 0.29) is 5.75 Å². The quantitative estimate of drug-likeness (QED) is 0.883. The van der Waals surface area contributed by atoms with Crippen LogP contribution in [-0.2, 0) is 6.54 Å². The molecule has 1 aliphatic rings. The molecule has 0 bridgehead atoms. The van der Waals surface area contributed by atoms with E-state index in [9.17, 15) is 5.11 Å². The molecule has 1 aromatic rings. The molecule has 0 aromatic heterocycles. The topological polar surface area (TPSA) is 58.7 Å². The van der Waals surface area contributed by atoms with Crippen molar-refractivity contribution in [1.82, 2.24) is 4.90 Å². The zero-order chi connectivity index (χ0) is 14.7. The molecule has 20 heavy (non-hydrogen) atoms. The highest BCUT2D eigenvalue weighted by Gasteiger charge is 2.22. The second kappa shape index (κ2) is 6.78. The minimum Gasteiger partial charge on any atom is -0.503 e. The Balaban J connectivity index is 2.04. The minimum atomic E-state index is 0.155. The molecule has 112 valence electrons. The van der Waals surface area contributed by atoms with E-state index in [1.54, 1.807) is 7.11 Å². The number of ether oxygens (including phenoxy) is 1. The maximum Gasteiger partial charge on any atom is 0.172 e. The molecule has 1 aliphatic carbocycles. The van der Waals surface area contributed by atoms with Crippen molar-refractivity contribution in [3.8, 4) is 11.5 Å². The first-order valence-corrected chi connectivity index (χ1v) is 7.81. The van der Waals surface area contributed by atoms with E-state index in [4.69, 9.17) is 10.5 Å². The standard InChI is InChI=1S/C15H23BrN2O2/c1-18(12-5-3-11(17)4-6-12)9-10-7-13(16)15(19)14(8-10)20-2/h7-8,11-12,19H,3-6,9,17H2,1-2H3. The van der Waals surface area contributed by atoms with Crippen molar-refractivity contribution in [3.05, 3.63) is 22.2 Å². The van der Waals surface area contributed by atoms with Crippen LogP contribution in [0.3, 0.4) is 0 Å². The molecule has 0 amide bonds. The summed E-state index contributed by atoms with van der Waals surface area (Å²) < 4.78 is 5.86. The van der Waals surface area contributed by atoms with Crippen molar-refractivity contribution in [2.45, 2.75) is 44.3 Å². The number of rotatable bonds is 4. The van der Waals surface area contributed by atoms with E-state index in [0.717, 1.165) is 37.8 Å². The summed E-state index contributed by atoms with van der Waals surface area (Å²) in [6, 6.07) is 4.81. The summed E-state index contributed by atoms with van der Waals surface area (Å²) in [5.41, 5.74) is 7.08. The molecule has 0 radical (unpaired) electrons. The van der Waals surface area contributed by atoms with Crippen LogP contribution in [-0.4, -0.2) is 36.2 Å². The maximum absolute atomic E-state index is 9.83. The second-order valence-electron chi connectivity index (χ2n) is 5.61. The van der Waals surface area contributed by atoms with Crippen LogP contribution in [0.5, 0.6) is 11.5 Å². The lowest BCUT2D eigenvalue weighted by molar-refractivity contribution is 0.176. The van der Waals surface area contributed by atoms with E-state index < -0.39 is 0 Å². The Morgan fingerprint density at radius 2 is 2.00 bits per heavy atom. The minimum absolute atomic E-state index is 0.155. The van der Waals surface area contributed by atoms with Gasteiger partial charge in [0.15, 0.2) is 11.5 Å². The smallest absolute Gasteiger partial charge is 0.172 e. The average Bonchev–Trinajstić information content (AvgIpc) is 2.43. The number of phenolic OH excluding ortho intramolecular Hbond substituents is 1. The molecular formula is C15H23BrN2O2. The molecule has 0 atom stereocenters. The number of methoxy groups -OCH3 is 1. The van der Waals surface area contributed by atoms with Crippen molar-refractivity contribution in [1.29, 1.82) is 0 Å². The molecule has 1 fully saturated rings. The first-order chi connectivity index (χ1) is 9.51. The largest absolute Gasteiger partial charge is 0.503 e.